The van der Waals surface area contributed by atoms with Gasteiger partial charge in [0.2, 0.25) is 0 Å². The maximum atomic E-state index is 5.81. The first-order chi connectivity index (χ1) is 9.28. The van der Waals surface area contributed by atoms with Crippen molar-refractivity contribution >= 4 is 0 Å². The molecule has 0 fully saturated rings. The van der Waals surface area contributed by atoms with Crippen LogP contribution in [0.2, 0.25) is 0 Å². The van der Waals surface area contributed by atoms with E-state index in [9.17, 15) is 0 Å². The molecule has 0 aliphatic carbocycles. The molecular formula is C14H20N4O. The lowest BCUT2D eigenvalue weighted by Crippen LogP contribution is -2.31. The standard InChI is InChI=1S/C14H20N4O/c1-17-6-7-18-13(10-17)12(9-15)16-14(18)5-4-11-3-2-8-19-11/h2-3,8H,4-7,9-10,15H2,1H3. The summed E-state index contributed by atoms with van der Waals surface area (Å²) in [5.41, 5.74) is 8.14. The van der Waals surface area contributed by atoms with Crippen molar-refractivity contribution in [3.63, 3.8) is 0 Å². The molecular weight excluding hydrogens is 240 g/mol. The van der Waals surface area contributed by atoms with Gasteiger partial charge in [0.1, 0.15) is 11.6 Å². The topological polar surface area (TPSA) is 60.2 Å². The molecule has 102 valence electrons. The first kappa shape index (κ1) is 12.4. The molecule has 0 saturated heterocycles. The van der Waals surface area contributed by atoms with Crippen LogP contribution in [0.5, 0.6) is 0 Å². The van der Waals surface area contributed by atoms with Gasteiger partial charge >= 0.3 is 0 Å². The largest absolute Gasteiger partial charge is 0.469 e. The Morgan fingerprint density at radius 3 is 3.00 bits per heavy atom. The number of likely N-dealkylation sites (N-methyl/N-ethyl adjacent to an activating group) is 1. The number of fused-ring (bicyclic) bond motifs is 1. The second-order valence-electron chi connectivity index (χ2n) is 5.09. The summed E-state index contributed by atoms with van der Waals surface area (Å²) in [5.74, 6) is 2.15. The lowest BCUT2D eigenvalue weighted by Gasteiger charge is -2.25. The Labute approximate surface area is 113 Å². The van der Waals surface area contributed by atoms with E-state index < -0.39 is 0 Å². The van der Waals surface area contributed by atoms with Crippen LogP contribution in [-0.2, 0) is 32.5 Å². The van der Waals surface area contributed by atoms with Crippen molar-refractivity contribution in [3.05, 3.63) is 41.4 Å². The van der Waals surface area contributed by atoms with Gasteiger partial charge in [-0.05, 0) is 19.2 Å². The number of imidazole rings is 1. The van der Waals surface area contributed by atoms with Crippen LogP contribution in [0.1, 0.15) is 23.0 Å². The van der Waals surface area contributed by atoms with E-state index in [0.717, 1.165) is 49.8 Å². The maximum absolute atomic E-state index is 5.81. The van der Waals surface area contributed by atoms with Gasteiger partial charge in [-0.25, -0.2) is 4.98 Å². The van der Waals surface area contributed by atoms with Gasteiger partial charge in [-0.1, -0.05) is 0 Å². The average molecular weight is 260 g/mol. The Balaban J connectivity index is 1.81. The number of furan rings is 1. The van der Waals surface area contributed by atoms with E-state index in [1.54, 1.807) is 6.26 Å². The van der Waals surface area contributed by atoms with Crippen molar-refractivity contribution < 1.29 is 4.42 Å². The molecule has 5 heteroatoms. The summed E-state index contributed by atoms with van der Waals surface area (Å²) < 4.78 is 7.72. The summed E-state index contributed by atoms with van der Waals surface area (Å²) >= 11 is 0. The van der Waals surface area contributed by atoms with Crippen molar-refractivity contribution in [2.75, 3.05) is 13.6 Å². The third-order valence-corrected chi connectivity index (χ3v) is 3.73. The highest BCUT2D eigenvalue weighted by molar-refractivity contribution is 5.19. The maximum Gasteiger partial charge on any atom is 0.109 e. The minimum Gasteiger partial charge on any atom is -0.469 e. The molecule has 0 unspecified atom stereocenters. The van der Waals surface area contributed by atoms with E-state index in [2.05, 4.69) is 16.5 Å². The predicted molar refractivity (Wildman–Crippen MR) is 72.6 cm³/mol. The lowest BCUT2D eigenvalue weighted by atomic mass is 10.2. The number of aryl methyl sites for hydroxylation is 2. The van der Waals surface area contributed by atoms with Crippen molar-refractivity contribution in [2.24, 2.45) is 5.73 Å². The van der Waals surface area contributed by atoms with Crippen LogP contribution in [0.25, 0.3) is 0 Å². The van der Waals surface area contributed by atoms with E-state index >= 15 is 0 Å². The average Bonchev–Trinajstić information content (AvgIpc) is 3.03. The lowest BCUT2D eigenvalue weighted by molar-refractivity contribution is 0.266. The monoisotopic (exact) mass is 260 g/mol. The molecule has 3 rings (SSSR count). The molecule has 0 spiro atoms. The fraction of sp³-hybridized carbons (Fsp3) is 0.500. The molecule has 0 radical (unpaired) electrons. The highest BCUT2D eigenvalue weighted by Crippen LogP contribution is 2.19. The molecule has 1 aliphatic heterocycles. The van der Waals surface area contributed by atoms with Crippen LogP contribution in [0, 0.1) is 0 Å². The Morgan fingerprint density at radius 1 is 1.37 bits per heavy atom. The number of aromatic nitrogens is 2. The molecule has 2 N–H and O–H groups in total. The number of hydrogen-bond donors (Lipinski definition) is 1. The van der Waals surface area contributed by atoms with Gasteiger partial charge in [-0.15, -0.1) is 0 Å². The van der Waals surface area contributed by atoms with E-state index in [1.165, 1.54) is 5.69 Å². The smallest absolute Gasteiger partial charge is 0.109 e. The van der Waals surface area contributed by atoms with Crippen molar-refractivity contribution in [2.45, 2.75) is 32.5 Å². The van der Waals surface area contributed by atoms with Gasteiger partial charge in [0.15, 0.2) is 0 Å². The Morgan fingerprint density at radius 2 is 2.26 bits per heavy atom. The van der Waals surface area contributed by atoms with Gasteiger partial charge in [-0.3, -0.25) is 4.90 Å². The molecule has 1 aliphatic rings. The predicted octanol–water partition coefficient (Wildman–Crippen LogP) is 1.17. The molecule has 0 bridgehead atoms. The molecule has 5 nitrogen and oxygen atoms in total. The third-order valence-electron chi connectivity index (χ3n) is 3.73. The minimum atomic E-state index is 0.518. The second kappa shape index (κ2) is 5.19. The Kier molecular flexibility index (Phi) is 3.40. The molecule has 2 aromatic heterocycles. The van der Waals surface area contributed by atoms with Crippen LogP contribution in [-0.4, -0.2) is 28.0 Å². The fourth-order valence-corrected chi connectivity index (χ4v) is 2.68. The zero-order valence-electron chi connectivity index (χ0n) is 11.3. The van der Waals surface area contributed by atoms with Gasteiger partial charge in [0.25, 0.3) is 0 Å². The van der Waals surface area contributed by atoms with Crippen LogP contribution in [0.3, 0.4) is 0 Å². The Hall–Kier alpha value is -1.59. The summed E-state index contributed by atoms with van der Waals surface area (Å²) in [6.45, 7) is 3.54. The molecule has 19 heavy (non-hydrogen) atoms. The second-order valence-corrected chi connectivity index (χ2v) is 5.09. The van der Waals surface area contributed by atoms with Crippen LogP contribution < -0.4 is 5.73 Å². The van der Waals surface area contributed by atoms with Crippen LogP contribution in [0.4, 0.5) is 0 Å². The van der Waals surface area contributed by atoms with Gasteiger partial charge in [-0.2, -0.15) is 0 Å². The van der Waals surface area contributed by atoms with Gasteiger partial charge < -0.3 is 14.7 Å². The minimum absolute atomic E-state index is 0.518. The SMILES string of the molecule is CN1CCn2c(CCc3ccco3)nc(CN)c2C1. The zero-order valence-corrected chi connectivity index (χ0v) is 11.3. The molecule has 0 saturated carbocycles. The van der Waals surface area contributed by atoms with E-state index in [0.29, 0.717) is 6.54 Å². The highest BCUT2D eigenvalue weighted by Gasteiger charge is 2.21. The zero-order chi connectivity index (χ0) is 13.2. The molecule has 2 aromatic rings. The van der Waals surface area contributed by atoms with E-state index in [4.69, 9.17) is 15.1 Å². The Bertz CT molecular complexity index is 544. The summed E-state index contributed by atoms with van der Waals surface area (Å²) in [4.78, 5) is 7.03. The number of rotatable bonds is 4. The number of nitrogens with zero attached hydrogens (tertiary/aromatic N) is 3. The van der Waals surface area contributed by atoms with Crippen molar-refractivity contribution in [1.82, 2.24) is 14.5 Å². The molecule has 0 atom stereocenters. The fourth-order valence-electron chi connectivity index (χ4n) is 2.68. The molecule has 0 aromatic carbocycles. The van der Waals surface area contributed by atoms with Gasteiger partial charge in [0.05, 0.1) is 17.7 Å². The number of hydrogen-bond acceptors (Lipinski definition) is 4. The highest BCUT2D eigenvalue weighted by atomic mass is 16.3. The summed E-state index contributed by atoms with van der Waals surface area (Å²) in [7, 11) is 2.14. The summed E-state index contributed by atoms with van der Waals surface area (Å²) in [6.07, 6.45) is 3.52. The van der Waals surface area contributed by atoms with Crippen LogP contribution >= 0.6 is 0 Å². The summed E-state index contributed by atoms with van der Waals surface area (Å²) in [5, 5.41) is 0. The number of nitrogens with two attached hydrogens (primary N) is 1. The third kappa shape index (κ3) is 2.43. The van der Waals surface area contributed by atoms with Crippen LogP contribution in [0.15, 0.2) is 22.8 Å². The normalized spacial score (nSPS) is 15.7. The van der Waals surface area contributed by atoms with Gasteiger partial charge in [0, 0.05) is 39.0 Å². The first-order valence-electron chi connectivity index (χ1n) is 6.76. The van der Waals surface area contributed by atoms with E-state index in [-0.39, 0.29) is 0 Å². The molecule has 0 amide bonds. The van der Waals surface area contributed by atoms with E-state index in [1.807, 2.05) is 12.1 Å². The quantitative estimate of drug-likeness (QED) is 0.896. The first-order valence-corrected chi connectivity index (χ1v) is 6.76. The van der Waals surface area contributed by atoms with Crippen molar-refractivity contribution in [3.8, 4) is 0 Å². The van der Waals surface area contributed by atoms with Crippen molar-refractivity contribution in [1.29, 1.82) is 0 Å². The molecule has 3 heterocycles. The summed E-state index contributed by atoms with van der Waals surface area (Å²) in [6, 6.07) is 3.94.